The van der Waals surface area contributed by atoms with E-state index >= 15 is 0 Å². The predicted molar refractivity (Wildman–Crippen MR) is 54.1 cm³/mol. The number of carboxylic acids is 1. The largest absolute Gasteiger partial charge is 0.496 e. The van der Waals surface area contributed by atoms with E-state index in [9.17, 15) is 4.79 Å². The van der Waals surface area contributed by atoms with Crippen molar-refractivity contribution in [3.8, 4) is 5.75 Å². The summed E-state index contributed by atoms with van der Waals surface area (Å²) in [5.41, 5.74) is 0.258. The molecule has 0 unspecified atom stereocenters. The van der Waals surface area contributed by atoms with E-state index in [1.165, 1.54) is 25.3 Å². The van der Waals surface area contributed by atoms with Crippen LogP contribution in [0.1, 0.15) is 15.9 Å². The molecule has 0 saturated carbocycles. The summed E-state index contributed by atoms with van der Waals surface area (Å²) in [6.07, 6.45) is 0. The molecule has 80 valence electrons. The fourth-order valence-electron chi connectivity index (χ4n) is 1.06. The maximum absolute atomic E-state index is 10.8. The molecule has 0 aliphatic carbocycles. The van der Waals surface area contributed by atoms with Gasteiger partial charge >= 0.3 is 5.97 Å². The second-order valence-electron chi connectivity index (χ2n) is 2.61. The summed E-state index contributed by atoms with van der Waals surface area (Å²) in [5, 5.41) is 19.9. The number of rotatable bonds is 3. The number of ether oxygens (including phenoxy) is 1. The molecule has 0 amide bonds. The van der Waals surface area contributed by atoms with Crippen molar-refractivity contribution in [2.24, 2.45) is 5.16 Å². The average Bonchev–Trinajstić information content (AvgIpc) is 2.27. The van der Waals surface area contributed by atoms with Crippen LogP contribution < -0.4 is 4.74 Å². The first kappa shape index (κ1) is 11.3. The van der Waals surface area contributed by atoms with Crippen LogP contribution in [0, 0.1) is 0 Å². The Labute approximate surface area is 90.5 Å². The first-order chi connectivity index (χ1) is 7.10. The minimum Gasteiger partial charge on any atom is -0.496 e. The molecule has 2 N–H and O–H groups in total. The molecule has 0 bridgehead atoms. The van der Waals surface area contributed by atoms with Crippen LogP contribution in [0.4, 0.5) is 0 Å². The molecule has 1 rings (SSSR count). The zero-order chi connectivity index (χ0) is 11.4. The highest BCUT2D eigenvalue weighted by molar-refractivity contribution is 6.69. The van der Waals surface area contributed by atoms with Gasteiger partial charge in [0.2, 0.25) is 0 Å². The van der Waals surface area contributed by atoms with Gasteiger partial charge in [0, 0.05) is 5.56 Å². The van der Waals surface area contributed by atoms with Gasteiger partial charge in [-0.05, 0) is 18.2 Å². The van der Waals surface area contributed by atoms with Gasteiger partial charge in [0.15, 0.2) is 5.17 Å². The molecule has 0 heterocycles. The van der Waals surface area contributed by atoms with E-state index < -0.39 is 5.97 Å². The van der Waals surface area contributed by atoms with Crippen LogP contribution in [0.25, 0.3) is 0 Å². The van der Waals surface area contributed by atoms with E-state index in [1.54, 1.807) is 0 Å². The molecule has 1 aromatic carbocycles. The van der Waals surface area contributed by atoms with E-state index in [4.69, 9.17) is 26.7 Å². The lowest BCUT2D eigenvalue weighted by molar-refractivity contribution is 0.0693. The number of oxime groups is 1. The van der Waals surface area contributed by atoms with Crippen LogP contribution >= 0.6 is 11.6 Å². The fraction of sp³-hybridized carbons (Fsp3) is 0.111. The van der Waals surface area contributed by atoms with Crippen LogP contribution in [-0.2, 0) is 0 Å². The molecule has 0 aliphatic rings. The smallest absolute Gasteiger partial charge is 0.339 e. The Hall–Kier alpha value is -1.75. The molecule has 0 fully saturated rings. The lowest BCUT2D eigenvalue weighted by Crippen LogP contribution is -2.03. The third-order valence-electron chi connectivity index (χ3n) is 1.76. The third kappa shape index (κ3) is 2.38. The number of benzene rings is 1. The van der Waals surface area contributed by atoms with Gasteiger partial charge in [-0.25, -0.2) is 4.79 Å². The molecular weight excluding hydrogens is 222 g/mol. The minimum absolute atomic E-state index is 0.0446. The highest BCUT2D eigenvalue weighted by Crippen LogP contribution is 2.20. The van der Waals surface area contributed by atoms with Gasteiger partial charge in [0.1, 0.15) is 11.3 Å². The molecule has 15 heavy (non-hydrogen) atoms. The topological polar surface area (TPSA) is 79.1 Å². The summed E-state index contributed by atoms with van der Waals surface area (Å²) in [4.78, 5) is 10.8. The standard InChI is InChI=1S/C9H8ClNO4/c1-15-7-3-2-5(8(10)11-14)4-6(7)9(12)13/h2-4,14H,1H3,(H,12,13)/b11-8-. The summed E-state index contributed by atoms with van der Waals surface area (Å²) in [7, 11) is 1.36. The van der Waals surface area contributed by atoms with Crippen molar-refractivity contribution in [2.45, 2.75) is 0 Å². The van der Waals surface area contributed by atoms with Gasteiger partial charge in [-0.2, -0.15) is 0 Å². The summed E-state index contributed by atoms with van der Waals surface area (Å²) in [5.74, 6) is -0.926. The van der Waals surface area contributed by atoms with Gasteiger partial charge in [0.05, 0.1) is 7.11 Å². The van der Waals surface area contributed by atoms with Gasteiger partial charge in [-0.3, -0.25) is 0 Å². The van der Waals surface area contributed by atoms with Crippen molar-refractivity contribution in [3.63, 3.8) is 0 Å². The number of nitrogens with zero attached hydrogens (tertiary/aromatic N) is 1. The Morgan fingerprint density at radius 1 is 1.53 bits per heavy atom. The number of hydrogen-bond donors (Lipinski definition) is 2. The average molecular weight is 230 g/mol. The molecule has 0 saturated heterocycles. The van der Waals surface area contributed by atoms with Crippen molar-refractivity contribution in [1.29, 1.82) is 0 Å². The molecule has 0 radical (unpaired) electrons. The predicted octanol–water partition coefficient (Wildman–Crippen LogP) is 1.77. The van der Waals surface area contributed by atoms with Crippen LogP contribution in [0.3, 0.4) is 0 Å². The number of halogens is 1. The number of carbonyl (C=O) groups is 1. The van der Waals surface area contributed by atoms with E-state index in [1.807, 2.05) is 0 Å². The van der Waals surface area contributed by atoms with Crippen molar-refractivity contribution < 1.29 is 19.8 Å². The Morgan fingerprint density at radius 2 is 2.20 bits per heavy atom. The lowest BCUT2D eigenvalue weighted by Gasteiger charge is -2.05. The van der Waals surface area contributed by atoms with Gasteiger partial charge in [0.25, 0.3) is 0 Å². The van der Waals surface area contributed by atoms with Gasteiger partial charge in [-0.15, -0.1) is 0 Å². The first-order valence-corrected chi connectivity index (χ1v) is 4.27. The number of aromatic carboxylic acids is 1. The monoisotopic (exact) mass is 229 g/mol. The third-order valence-corrected chi connectivity index (χ3v) is 2.05. The second kappa shape index (κ2) is 4.65. The van der Waals surface area contributed by atoms with Crippen molar-refractivity contribution in [1.82, 2.24) is 0 Å². The van der Waals surface area contributed by atoms with Crippen LogP contribution in [0.2, 0.25) is 0 Å². The number of carboxylic acid groups (broad SMARTS) is 1. The SMILES string of the molecule is COc1ccc(/C(Cl)=N/O)cc1C(=O)O. The fourth-order valence-corrected chi connectivity index (χ4v) is 1.18. The zero-order valence-corrected chi connectivity index (χ0v) is 8.52. The van der Waals surface area contributed by atoms with Crippen LogP contribution in [0.15, 0.2) is 23.4 Å². The summed E-state index contributed by atoms with van der Waals surface area (Å²) in [6, 6.07) is 4.20. The first-order valence-electron chi connectivity index (χ1n) is 3.89. The van der Waals surface area contributed by atoms with Crippen molar-refractivity contribution in [2.75, 3.05) is 7.11 Å². The minimum atomic E-state index is -1.14. The molecule has 0 aromatic heterocycles. The Morgan fingerprint density at radius 3 is 2.67 bits per heavy atom. The second-order valence-corrected chi connectivity index (χ2v) is 2.97. The van der Waals surface area contributed by atoms with E-state index in [0.29, 0.717) is 5.56 Å². The maximum Gasteiger partial charge on any atom is 0.339 e. The number of methoxy groups -OCH3 is 1. The summed E-state index contributed by atoms with van der Waals surface area (Å²) < 4.78 is 4.85. The van der Waals surface area contributed by atoms with Gasteiger partial charge in [-0.1, -0.05) is 16.8 Å². The molecule has 0 atom stereocenters. The van der Waals surface area contributed by atoms with Crippen LogP contribution in [-0.4, -0.2) is 28.6 Å². The van der Waals surface area contributed by atoms with Crippen molar-refractivity contribution in [3.05, 3.63) is 29.3 Å². The lowest BCUT2D eigenvalue weighted by atomic mass is 10.1. The molecule has 0 aliphatic heterocycles. The molecule has 6 heteroatoms. The highest BCUT2D eigenvalue weighted by atomic mass is 35.5. The molecular formula is C9H8ClNO4. The Kier molecular flexibility index (Phi) is 3.51. The van der Waals surface area contributed by atoms with Crippen LogP contribution in [0.5, 0.6) is 5.75 Å². The van der Waals surface area contributed by atoms with Crippen molar-refractivity contribution >= 4 is 22.7 Å². The van der Waals surface area contributed by atoms with Gasteiger partial charge < -0.3 is 15.1 Å². The number of hydrogen-bond acceptors (Lipinski definition) is 4. The normalized spacial score (nSPS) is 11.2. The Bertz CT molecular complexity index is 417. The van der Waals surface area contributed by atoms with E-state index in [-0.39, 0.29) is 16.5 Å². The van der Waals surface area contributed by atoms with E-state index in [2.05, 4.69) is 5.16 Å². The zero-order valence-electron chi connectivity index (χ0n) is 7.77. The molecule has 5 nitrogen and oxygen atoms in total. The summed E-state index contributed by atoms with van der Waals surface area (Å²) >= 11 is 5.53. The highest BCUT2D eigenvalue weighted by Gasteiger charge is 2.13. The quantitative estimate of drug-likeness (QED) is 0.470. The molecule has 0 spiro atoms. The Balaban J connectivity index is 3.28. The summed E-state index contributed by atoms with van der Waals surface area (Å²) in [6.45, 7) is 0. The maximum atomic E-state index is 10.8. The van der Waals surface area contributed by atoms with E-state index in [0.717, 1.165) is 0 Å². The molecule has 1 aromatic rings.